The van der Waals surface area contributed by atoms with Crippen LogP contribution in [0.4, 0.5) is 0 Å². The molecule has 1 rings (SSSR count). The Bertz CT molecular complexity index is 252. The molecular formula is C8H13N3O. The van der Waals surface area contributed by atoms with Gasteiger partial charge < -0.3 is 10.1 Å². The van der Waals surface area contributed by atoms with E-state index >= 15 is 0 Å². The molecule has 1 aromatic heterocycles. The summed E-state index contributed by atoms with van der Waals surface area (Å²) in [5.41, 5.74) is 0.935. The molecule has 0 saturated carbocycles. The Hall–Kier alpha value is -1.16. The van der Waals surface area contributed by atoms with Crippen molar-refractivity contribution in [1.82, 2.24) is 15.3 Å². The van der Waals surface area contributed by atoms with Crippen LogP contribution in [0.5, 0.6) is 5.88 Å². The Morgan fingerprint density at radius 1 is 1.50 bits per heavy atom. The zero-order valence-corrected chi connectivity index (χ0v) is 7.53. The van der Waals surface area contributed by atoms with Crippen molar-refractivity contribution < 1.29 is 4.74 Å². The number of hydrogen-bond acceptors (Lipinski definition) is 4. The van der Waals surface area contributed by atoms with Gasteiger partial charge in [-0.3, -0.25) is 0 Å². The first kappa shape index (κ1) is 8.93. The van der Waals surface area contributed by atoms with E-state index in [4.69, 9.17) is 4.74 Å². The highest BCUT2D eigenvalue weighted by molar-refractivity contribution is 5.15. The van der Waals surface area contributed by atoms with Gasteiger partial charge in [-0.15, -0.1) is 0 Å². The van der Waals surface area contributed by atoms with E-state index in [0.29, 0.717) is 5.88 Å². The van der Waals surface area contributed by atoms with E-state index in [1.807, 2.05) is 20.0 Å². The maximum atomic E-state index is 4.97. The van der Waals surface area contributed by atoms with E-state index < -0.39 is 0 Å². The summed E-state index contributed by atoms with van der Waals surface area (Å²) >= 11 is 0. The largest absolute Gasteiger partial charge is 0.481 e. The smallest absolute Gasteiger partial charge is 0.216 e. The fraction of sp³-hybridized carbons (Fsp3) is 0.500. The molecule has 0 aromatic carbocycles. The summed E-state index contributed by atoms with van der Waals surface area (Å²) in [5.74, 6) is 0.599. The third-order valence-corrected chi connectivity index (χ3v) is 1.75. The van der Waals surface area contributed by atoms with Gasteiger partial charge in [0.25, 0.3) is 0 Å². The van der Waals surface area contributed by atoms with Gasteiger partial charge in [-0.25, -0.2) is 9.97 Å². The molecule has 0 aliphatic heterocycles. The predicted molar refractivity (Wildman–Crippen MR) is 46.1 cm³/mol. The normalized spacial score (nSPS) is 12.6. The predicted octanol–water partition coefficient (Wildman–Crippen LogP) is 0.766. The van der Waals surface area contributed by atoms with E-state index in [1.54, 1.807) is 7.11 Å². The molecule has 1 aromatic rings. The monoisotopic (exact) mass is 167 g/mol. The summed E-state index contributed by atoms with van der Waals surface area (Å²) in [4.78, 5) is 8.02. The van der Waals surface area contributed by atoms with Crippen LogP contribution in [0.25, 0.3) is 0 Å². The van der Waals surface area contributed by atoms with E-state index in [-0.39, 0.29) is 6.04 Å². The quantitative estimate of drug-likeness (QED) is 0.722. The molecule has 0 amide bonds. The Morgan fingerprint density at radius 2 is 2.25 bits per heavy atom. The molecule has 0 aliphatic carbocycles. The minimum Gasteiger partial charge on any atom is -0.481 e. The van der Waals surface area contributed by atoms with Crippen molar-refractivity contribution in [3.63, 3.8) is 0 Å². The molecule has 0 bridgehead atoms. The van der Waals surface area contributed by atoms with Gasteiger partial charge in [0.05, 0.1) is 12.8 Å². The van der Waals surface area contributed by atoms with Crippen LogP contribution in [0.3, 0.4) is 0 Å². The van der Waals surface area contributed by atoms with Crippen LogP contribution in [0.2, 0.25) is 0 Å². The Kier molecular flexibility index (Phi) is 2.99. The van der Waals surface area contributed by atoms with Gasteiger partial charge in [0.15, 0.2) is 0 Å². The zero-order valence-electron chi connectivity index (χ0n) is 7.53. The molecule has 0 radical (unpaired) electrons. The zero-order chi connectivity index (χ0) is 8.97. The second-order valence-corrected chi connectivity index (χ2v) is 2.50. The van der Waals surface area contributed by atoms with Gasteiger partial charge in [0.1, 0.15) is 6.33 Å². The van der Waals surface area contributed by atoms with Crippen LogP contribution in [-0.4, -0.2) is 24.1 Å². The summed E-state index contributed by atoms with van der Waals surface area (Å²) in [7, 11) is 3.48. The van der Waals surface area contributed by atoms with Gasteiger partial charge in [-0.1, -0.05) is 0 Å². The highest BCUT2D eigenvalue weighted by atomic mass is 16.5. The lowest BCUT2D eigenvalue weighted by Crippen LogP contribution is -2.13. The second-order valence-electron chi connectivity index (χ2n) is 2.50. The average molecular weight is 167 g/mol. The molecule has 1 atom stereocenters. The van der Waals surface area contributed by atoms with Crippen LogP contribution in [-0.2, 0) is 0 Å². The second kappa shape index (κ2) is 4.01. The van der Waals surface area contributed by atoms with E-state index in [2.05, 4.69) is 15.3 Å². The summed E-state index contributed by atoms with van der Waals surface area (Å²) in [5, 5.41) is 3.09. The Labute approximate surface area is 72.0 Å². The van der Waals surface area contributed by atoms with Crippen LogP contribution in [0.15, 0.2) is 12.4 Å². The summed E-state index contributed by atoms with van der Waals surface area (Å²) in [6, 6.07) is 2.04. The van der Waals surface area contributed by atoms with Crippen molar-refractivity contribution in [2.24, 2.45) is 0 Å². The van der Waals surface area contributed by atoms with Gasteiger partial charge >= 0.3 is 0 Å². The van der Waals surface area contributed by atoms with Crippen molar-refractivity contribution in [1.29, 1.82) is 0 Å². The first-order chi connectivity index (χ1) is 5.77. The minimum atomic E-state index is 0.224. The lowest BCUT2D eigenvalue weighted by molar-refractivity contribution is 0.394. The molecule has 0 aliphatic rings. The Morgan fingerprint density at radius 3 is 2.83 bits per heavy atom. The number of nitrogens with zero attached hydrogens (tertiary/aromatic N) is 2. The maximum Gasteiger partial charge on any atom is 0.216 e. The van der Waals surface area contributed by atoms with Crippen molar-refractivity contribution in [2.45, 2.75) is 13.0 Å². The topological polar surface area (TPSA) is 47.0 Å². The third-order valence-electron chi connectivity index (χ3n) is 1.75. The molecule has 0 saturated heterocycles. The molecular weight excluding hydrogens is 154 g/mol. The molecule has 4 heteroatoms. The fourth-order valence-electron chi connectivity index (χ4n) is 0.850. The van der Waals surface area contributed by atoms with Crippen LogP contribution in [0, 0.1) is 0 Å². The van der Waals surface area contributed by atoms with Gasteiger partial charge in [0.2, 0.25) is 5.88 Å². The highest BCUT2D eigenvalue weighted by Gasteiger charge is 2.04. The average Bonchev–Trinajstić information content (AvgIpc) is 2.17. The molecule has 1 unspecified atom stereocenters. The first-order valence-corrected chi connectivity index (χ1v) is 3.81. The number of rotatable bonds is 3. The highest BCUT2D eigenvalue weighted by Crippen LogP contribution is 2.12. The molecule has 12 heavy (non-hydrogen) atoms. The number of methoxy groups -OCH3 is 1. The van der Waals surface area contributed by atoms with Gasteiger partial charge in [-0.2, -0.15) is 0 Å². The van der Waals surface area contributed by atoms with Crippen molar-refractivity contribution in [2.75, 3.05) is 14.2 Å². The molecule has 1 heterocycles. The molecule has 0 fully saturated rings. The third kappa shape index (κ3) is 1.92. The fourth-order valence-corrected chi connectivity index (χ4v) is 0.850. The minimum absolute atomic E-state index is 0.224. The van der Waals surface area contributed by atoms with Crippen LogP contribution < -0.4 is 10.1 Å². The van der Waals surface area contributed by atoms with Crippen molar-refractivity contribution in [3.8, 4) is 5.88 Å². The summed E-state index contributed by atoms with van der Waals surface area (Å²) in [6.45, 7) is 2.03. The number of nitrogens with one attached hydrogen (secondary N) is 1. The first-order valence-electron chi connectivity index (χ1n) is 3.81. The molecule has 4 nitrogen and oxygen atoms in total. The van der Waals surface area contributed by atoms with E-state index in [1.165, 1.54) is 6.33 Å². The lowest BCUT2D eigenvalue weighted by atomic mass is 10.2. The number of hydrogen-bond donors (Lipinski definition) is 1. The lowest BCUT2D eigenvalue weighted by Gasteiger charge is -2.09. The Balaban J connectivity index is 2.86. The van der Waals surface area contributed by atoms with Crippen LogP contribution >= 0.6 is 0 Å². The number of aromatic nitrogens is 2. The van der Waals surface area contributed by atoms with Crippen molar-refractivity contribution in [3.05, 3.63) is 18.1 Å². The summed E-state index contributed by atoms with van der Waals surface area (Å²) < 4.78 is 4.97. The number of ether oxygens (including phenoxy) is 1. The summed E-state index contributed by atoms with van der Waals surface area (Å²) in [6.07, 6.45) is 1.50. The SMILES string of the molecule is CNC(C)c1cc(OC)ncn1. The van der Waals surface area contributed by atoms with Gasteiger partial charge in [0, 0.05) is 12.1 Å². The van der Waals surface area contributed by atoms with E-state index in [9.17, 15) is 0 Å². The standard InChI is InChI=1S/C8H13N3O/c1-6(9-2)7-4-8(12-3)11-5-10-7/h4-6,9H,1-3H3. The van der Waals surface area contributed by atoms with Gasteiger partial charge in [-0.05, 0) is 14.0 Å². The van der Waals surface area contributed by atoms with Crippen molar-refractivity contribution >= 4 is 0 Å². The molecule has 0 spiro atoms. The van der Waals surface area contributed by atoms with E-state index in [0.717, 1.165) is 5.69 Å². The molecule has 1 N–H and O–H groups in total. The van der Waals surface area contributed by atoms with Crippen LogP contribution in [0.1, 0.15) is 18.7 Å². The maximum absolute atomic E-state index is 4.97. The molecule has 66 valence electrons.